The largest absolute Gasteiger partial charge is 0.381 e. The summed E-state index contributed by atoms with van der Waals surface area (Å²) in [5.74, 6) is 0.407. The fraction of sp³-hybridized carbons (Fsp3) is 0.900. The molecule has 1 aliphatic carbocycles. The Morgan fingerprint density at radius 2 is 2.31 bits per heavy atom. The van der Waals surface area contributed by atoms with Crippen molar-refractivity contribution in [3.05, 3.63) is 0 Å². The van der Waals surface area contributed by atoms with Gasteiger partial charge in [0.15, 0.2) is 0 Å². The molecule has 2 atom stereocenters. The molecular formula is C10H17NO2. The van der Waals surface area contributed by atoms with E-state index < -0.39 is 0 Å². The highest BCUT2D eigenvalue weighted by atomic mass is 16.5. The maximum atomic E-state index is 11.4. The van der Waals surface area contributed by atoms with Gasteiger partial charge in [-0.15, -0.1) is 0 Å². The van der Waals surface area contributed by atoms with Gasteiger partial charge in [-0.2, -0.15) is 0 Å². The molecule has 2 fully saturated rings. The van der Waals surface area contributed by atoms with Crippen LogP contribution < -0.4 is 0 Å². The first kappa shape index (κ1) is 9.16. The Bertz CT molecular complexity index is 219. The smallest absolute Gasteiger partial charge is 0.135 e. The van der Waals surface area contributed by atoms with Crippen molar-refractivity contribution in [3.8, 4) is 0 Å². The highest BCUT2D eigenvalue weighted by Gasteiger charge is 2.50. The predicted octanol–water partition coefficient (Wildman–Crippen LogP) is 0.686. The molecular weight excluding hydrogens is 166 g/mol. The molecule has 0 N–H and O–H groups in total. The molecule has 1 spiro atoms. The first-order valence-electron chi connectivity index (χ1n) is 4.90. The standard InChI is InChI=1S/C10H17NO2/c1-11(2)9-5-8(12)6-10(9)3-4-13-7-10/h9H,3-7H2,1-2H3. The summed E-state index contributed by atoms with van der Waals surface area (Å²) in [5, 5.41) is 0. The molecule has 0 aromatic heterocycles. The zero-order valence-corrected chi connectivity index (χ0v) is 8.38. The minimum absolute atomic E-state index is 0.153. The summed E-state index contributed by atoms with van der Waals surface area (Å²) in [6, 6.07) is 0.405. The van der Waals surface area contributed by atoms with Crippen LogP contribution in [0.5, 0.6) is 0 Å². The Morgan fingerprint density at radius 1 is 1.54 bits per heavy atom. The molecule has 2 rings (SSSR count). The topological polar surface area (TPSA) is 29.5 Å². The van der Waals surface area contributed by atoms with Crippen molar-refractivity contribution in [2.75, 3.05) is 27.3 Å². The Morgan fingerprint density at radius 3 is 2.85 bits per heavy atom. The van der Waals surface area contributed by atoms with Crippen LogP contribution in [0.25, 0.3) is 0 Å². The van der Waals surface area contributed by atoms with Gasteiger partial charge in [0.05, 0.1) is 6.61 Å². The molecule has 13 heavy (non-hydrogen) atoms. The lowest BCUT2D eigenvalue weighted by molar-refractivity contribution is -0.118. The maximum Gasteiger partial charge on any atom is 0.135 e. The van der Waals surface area contributed by atoms with Crippen LogP contribution in [0.2, 0.25) is 0 Å². The molecule has 1 saturated carbocycles. The van der Waals surface area contributed by atoms with Crippen molar-refractivity contribution in [3.63, 3.8) is 0 Å². The van der Waals surface area contributed by atoms with E-state index in [4.69, 9.17) is 4.74 Å². The third-order valence-corrected chi connectivity index (χ3v) is 3.43. The van der Waals surface area contributed by atoms with Gasteiger partial charge in [0.1, 0.15) is 5.78 Å². The second-order valence-electron chi connectivity index (χ2n) is 4.56. The highest BCUT2D eigenvalue weighted by molar-refractivity contribution is 5.82. The molecule has 0 aromatic rings. The number of carbonyl (C=O) groups excluding carboxylic acids is 1. The SMILES string of the molecule is CN(C)C1CC(=O)CC12CCOC2. The fourth-order valence-corrected chi connectivity index (χ4v) is 2.77. The van der Waals surface area contributed by atoms with Gasteiger partial charge < -0.3 is 9.64 Å². The van der Waals surface area contributed by atoms with Crippen molar-refractivity contribution >= 4 is 5.78 Å². The minimum atomic E-state index is 0.153. The molecule has 2 aliphatic rings. The van der Waals surface area contributed by atoms with Gasteiger partial charge >= 0.3 is 0 Å². The van der Waals surface area contributed by atoms with Gasteiger partial charge in [0.2, 0.25) is 0 Å². The molecule has 1 heterocycles. The van der Waals surface area contributed by atoms with Crippen LogP contribution in [0.4, 0.5) is 0 Å². The van der Waals surface area contributed by atoms with Crippen LogP contribution in [0, 0.1) is 5.41 Å². The fourth-order valence-electron chi connectivity index (χ4n) is 2.77. The number of rotatable bonds is 1. The average molecular weight is 183 g/mol. The monoisotopic (exact) mass is 183 g/mol. The zero-order valence-electron chi connectivity index (χ0n) is 8.38. The Kier molecular flexibility index (Phi) is 2.16. The molecule has 0 radical (unpaired) electrons. The van der Waals surface area contributed by atoms with Crippen LogP contribution in [0.3, 0.4) is 0 Å². The number of hydrogen-bond acceptors (Lipinski definition) is 3. The van der Waals surface area contributed by atoms with Crippen molar-refractivity contribution in [2.45, 2.75) is 25.3 Å². The van der Waals surface area contributed by atoms with Gasteiger partial charge in [0.25, 0.3) is 0 Å². The third-order valence-electron chi connectivity index (χ3n) is 3.43. The summed E-state index contributed by atoms with van der Waals surface area (Å²) in [7, 11) is 4.12. The number of carbonyl (C=O) groups is 1. The second-order valence-corrected chi connectivity index (χ2v) is 4.56. The van der Waals surface area contributed by atoms with Crippen LogP contribution in [0.1, 0.15) is 19.3 Å². The van der Waals surface area contributed by atoms with E-state index >= 15 is 0 Å². The first-order chi connectivity index (χ1) is 6.14. The normalized spacial score (nSPS) is 39.6. The molecule has 1 aliphatic heterocycles. The Labute approximate surface area is 79.0 Å². The van der Waals surface area contributed by atoms with E-state index in [0.29, 0.717) is 11.8 Å². The van der Waals surface area contributed by atoms with E-state index in [1.807, 2.05) is 0 Å². The summed E-state index contributed by atoms with van der Waals surface area (Å²) in [4.78, 5) is 13.6. The lowest BCUT2D eigenvalue weighted by Gasteiger charge is -2.33. The molecule has 3 heteroatoms. The second kappa shape index (κ2) is 3.07. The van der Waals surface area contributed by atoms with E-state index in [9.17, 15) is 4.79 Å². The highest BCUT2D eigenvalue weighted by Crippen LogP contribution is 2.44. The Hall–Kier alpha value is -0.410. The predicted molar refractivity (Wildman–Crippen MR) is 49.6 cm³/mol. The molecule has 0 amide bonds. The summed E-state index contributed by atoms with van der Waals surface area (Å²) >= 11 is 0. The van der Waals surface area contributed by atoms with Crippen LogP contribution >= 0.6 is 0 Å². The van der Waals surface area contributed by atoms with Gasteiger partial charge in [-0.25, -0.2) is 0 Å². The van der Waals surface area contributed by atoms with Crippen molar-refractivity contribution in [1.82, 2.24) is 4.90 Å². The number of hydrogen-bond donors (Lipinski definition) is 0. The van der Waals surface area contributed by atoms with E-state index in [-0.39, 0.29) is 5.41 Å². The number of nitrogens with zero attached hydrogens (tertiary/aromatic N) is 1. The van der Waals surface area contributed by atoms with Gasteiger partial charge in [-0.3, -0.25) is 4.79 Å². The first-order valence-corrected chi connectivity index (χ1v) is 4.90. The summed E-state index contributed by atoms with van der Waals surface area (Å²) in [6.07, 6.45) is 2.51. The molecule has 1 saturated heterocycles. The van der Waals surface area contributed by atoms with Crippen molar-refractivity contribution in [2.24, 2.45) is 5.41 Å². The van der Waals surface area contributed by atoms with Crippen LogP contribution in [-0.4, -0.2) is 44.0 Å². The van der Waals surface area contributed by atoms with Crippen molar-refractivity contribution < 1.29 is 9.53 Å². The van der Waals surface area contributed by atoms with Crippen LogP contribution in [-0.2, 0) is 9.53 Å². The maximum absolute atomic E-state index is 11.4. The van der Waals surface area contributed by atoms with E-state index in [1.165, 1.54) is 0 Å². The zero-order chi connectivity index (χ0) is 9.47. The van der Waals surface area contributed by atoms with Crippen LogP contribution in [0.15, 0.2) is 0 Å². The quantitative estimate of drug-likeness (QED) is 0.599. The van der Waals surface area contributed by atoms with E-state index in [1.54, 1.807) is 0 Å². The number of ketones is 1. The molecule has 0 bridgehead atoms. The minimum Gasteiger partial charge on any atom is -0.381 e. The lowest BCUT2D eigenvalue weighted by Crippen LogP contribution is -2.40. The molecule has 0 aromatic carbocycles. The van der Waals surface area contributed by atoms with E-state index in [2.05, 4.69) is 19.0 Å². The number of Topliss-reactive ketones (excluding diaryl/α,β-unsaturated/α-hetero) is 1. The summed E-state index contributed by atoms with van der Waals surface area (Å²) < 4.78 is 5.43. The summed E-state index contributed by atoms with van der Waals surface area (Å²) in [6.45, 7) is 1.61. The molecule has 74 valence electrons. The Balaban J connectivity index is 2.20. The number of ether oxygens (including phenoxy) is 1. The average Bonchev–Trinajstić information content (AvgIpc) is 2.60. The van der Waals surface area contributed by atoms with Gasteiger partial charge in [0, 0.05) is 30.9 Å². The van der Waals surface area contributed by atoms with E-state index in [0.717, 1.165) is 32.5 Å². The van der Waals surface area contributed by atoms with Gasteiger partial charge in [-0.1, -0.05) is 0 Å². The van der Waals surface area contributed by atoms with Gasteiger partial charge in [-0.05, 0) is 20.5 Å². The third kappa shape index (κ3) is 1.40. The lowest BCUT2D eigenvalue weighted by atomic mass is 9.81. The summed E-state index contributed by atoms with van der Waals surface area (Å²) in [5.41, 5.74) is 0.153. The molecule has 3 nitrogen and oxygen atoms in total. The molecule has 2 unspecified atom stereocenters. The van der Waals surface area contributed by atoms with Crippen molar-refractivity contribution in [1.29, 1.82) is 0 Å².